The highest BCUT2D eigenvalue weighted by molar-refractivity contribution is 7.93. The third kappa shape index (κ3) is 6.01. The van der Waals surface area contributed by atoms with E-state index in [1.165, 1.54) is 51.9 Å². The number of esters is 1. The summed E-state index contributed by atoms with van der Waals surface area (Å²) in [5.41, 5.74) is 1.53. The molecule has 0 bridgehead atoms. The summed E-state index contributed by atoms with van der Waals surface area (Å²) in [5.74, 6) is -1.64. The monoisotopic (exact) mass is 633 g/mol. The summed E-state index contributed by atoms with van der Waals surface area (Å²) in [6.07, 6.45) is -0.748. The molecule has 0 radical (unpaired) electrons. The van der Waals surface area contributed by atoms with E-state index in [2.05, 4.69) is 5.32 Å². The quantitative estimate of drug-likeness (QED) is 0.373. The van der Waals surface area contributed by atoms with Crippen molar-refractivity contribution in [1.29, 1.82) is 0 Å². The van der Waals surface area contributed by atoms with E-state index in [-0.39, 0.29) is 45.7 Å². The number of nitrogens with zero attached hydrogens (tertiary/aromatic N) is 2. The maximum absolute atomic E-state index is 13.5. The molecule has 0 unspecified atom stereocenters. The number of amides is 1. The normalized spacial score (nSPS) is 16.5. The van der Waals surface area contributed by atoms with Gasteiger partial charge in [0.25, 0.3) is 15.9 Å². The predicted molar refractivity (Wildman–Crippen MR) is 156 cm³/mol. The molecule has 11 nitrogen and oxygen atoms in total. The molecule has 222 valence electrons. The lowest BCUT2D eigenvalue weighted by atomic mass is 10.2. The molecule has 1 amide bonds. The first-order valence-corrected chi connectivity index (χ1v) is 16.3. The van der Waals surface area contributed by atoms with E-state index in [1.807, 2.05) is 12.1 Å². The molecule has 3 aromatic rings. The van der Waals surface area contributed by atoms with Crippen LogP contribution in [-0.4, -0.2) is 72.0 Å². The molecule has 42 heavy (non-hydrogen) atoms. The molecule has 2 heterocycles. The van der Waals surface area contributed by atoms with E-state index in [4.69, 9.17) is 21.1 Å². The zero-order chi connectivity index (χ0) is 30.1. The zero-order valence-electron chi connectivity index (χ0n) is 22.5. The standard InChI is InChI=1S/C28H28ClN3O8S2/c1-19(27(33)30-22-6-4-7-23(18-22)41(35,36)31-13-15-39-16-14-31)40-28(34)21-9-10-24(29)26(17-21)42(37,38)32-12-11-20-5-2-3-8-25(20)32/h2-10,17-19H,11-16H2,1H3,(H,30,33)/t19-/m0/s1. The van der Waals surface area contributed by atoms with Gasteiger partial charge in [0.05, 0.1) is 34.4 Å². The van der Waals surface area contributed by atoms with Gasteiger partial charge in [-0.2, -0.15) is 4.31 Å². The maximum Gasteiger partial charge on any atom is 0.338 e. The number of carbonyl (C=O) groups excluding carboxylic acids is 2. The van der Waals surface area contributed by atoms with Crippen LogP contribution in [0.25, 0.3) is 0 Å². The Hall–Kier alpha value is -3.49. The second-order valence-corrected chi connectivity index (χ2v) is 13.9. The number of carbonyl (C=O) groups is 2. The highest BCUT2D eigenvalue weighted by Crippen LogP contribution is 2.35. The van der Waals surface area contributed by atoms with Crippen molar-refractivity contribution in [3.63, 3.8) is 0 Å². The highest BCUT2D eigenvalue weighted by Gasteiger charge is 2.33. The van der Waals surface area contributed by atoms with Crippen LogP contribution in [0.1, 0.15) is 22.8 Å². The van der Waals surface area contributed by atoms with Crippen molar-refractivity contribution in [2.75, 3.05) is 42.5 Å². The van der Waals surface area contributed by atoms with Crippen molar-refractivity contribution < 1.29 is 35.9 Å². The fourth-order valence-electron chi connectivity index (χ4n) is 4.70. The Bertz CT molecular complexity index is 1740. The lowest BCUT2D eigenvalue weighted by Crippen LogP contribution is -2.40. The van der Waals surface area contributed by atoms with Crippen molar-refractivity contribution in [3.8, 4) is 0 Å². The first kappa shape index (κ1) is 30.0. The molecule has 2 aliphatic heterocycles. The Balaban J connectivity index is 1.28. The number of benzene rings is 3. The minimum Gasteiger partial charge on any atom is -0.449 e. The predicted octanol–water partition coefficient (Wildman–Crippen LogP) is 3.30. The van der Waals surface area contributed by atoms with Gasteiger partial charge in [-0.3, -0.25) is 9.10 Å². The van der Waals surface area contributed by atoms with E-state index in [1.54, 1.807) is 12.1 Å². The highest BCUT2D eigenvalue weighted by atomic mass is 35.5. The first-order valence-electron chi connectivity index (χ1n) is 13.1. The van der Waals surface area contributed by atoms with Gasteiger partial charge in [0, 0.05) is 25.3 Å². The van der Waals surface area contributed by atoms with Crippen molar-refractivity contribution >= 4 is 54.9 Å². The van der Waals surface area contributed by atoms with E-state index in [9.17, 15) is 26.4 Å². The summed E-state index contributed by atoms with van der Waals surface area (Å²) < 4.78 is 66.0. The van der Waals surface area contributed by atoms with Crippen molar-refractivity contribution in [2.24, 2.45) is 0 Å². The van der Waals surface area contributed by atoms with Crippen LogP contribution in [0.15, 0.2) is 76.5 Å². The van der Waals surface area contributed by atoms with E-state index < -0.39 is 38.0 Å². The summed E-state index contributed by atoms with van der Waals surface area (Å²) in [6.45, 7) is 2.63. The number of anilines is 2. The van der Waals surface area contributed by atoms with E-state index in [0.717, 1.165) is 11.6 Å². The number of hydrogen-bond acceptors (Lipinski definition) is 8. The molecule has 0 spiro atoms. The molecule has 0 aromatic heterocycles. The van der Waals surface area contributed by atoms with Crippen LogP contribution in [0.4, 0.5) is 11.4 Å². The van der Waals surface area contributed by atoms with Crippen LogP contribution in [0.2, 0.25) is 5.02 Å². The number of morpholine rings is 1. The number of halogens is 1. The van der Waals surface area contributed by atoms with Gasteiger partial charge in [-0.1, -0.05) is 35.9 Å². The van der Waals surface area contributed by atoms with Gasteiger partial charge in [-0.05, 0) is 61.4 Å². The number of fused-ring (bicyclic) bond motifs is 1. The summed E-state index contributed by atoms with van der Waals surface area (Å²) in [6, 6.07) is 16.6. The third-order valence-corrected chi connectivity index (χ3v) is 11.1. The van der Waals surface area contributed by atoms with Gasteiger partial charge in [-0.15, -0.1) is 0 Å². The molecule has 1 atom stereocenters. The molecule has 3 aromatic carbocycles. The molecule has 0 saturated carbocycles. The molecule has 2 aliphatic rings. The van der Waals surface area contributed by atoms with Crippen LogP contribution in [0.3, 0.4) is 0 Å². The Morgan fingerprint density at radius 2 is 1.67 bits per heavy atom. The number of rotatable bonds is 8. The minimum absolute atomic E-state index is 0.00220. The fourth-order valence-corrected chi connectivity index (χ4v) is 8.16. The molecule has 5 rings (SSSR count). The lowest BCUT2D eigenvalue weighted by Gasteiger charge is -2.26. The number of hydrogen-bond donors (Lipinski definition) is 1. The van der Waals surface area contributed by atoms with E-state index in [0.29, 0.717) is 25.3 Å². The van der Waals surface area contributed by atoms with Gasteiger partial charge in [0.1, 0.15) is 4.90 Å². The molecule has 14 heteroatoms. The minimum atomic E-state index is -4.09. The maximum atomic E-state index is 13.5. The third-order valence-electron chi connectivity index (χ3n) is 6.94. The average molecular weight is 634 g/mol. The summed E-state index contributed by atoms with van der Waals surface area (Å²) in [5, 5.41) is 2.50. The Morgan fingerprint density at radius 1 is 0.929 bits per heavy atom. The second kappa shape index (κ2) is 12.0. The van der Waals surface area contributed by atoms with Crippen LogP contribution < -0.4 is 9.62 Å². The summed E-state index contributed by atoms with van der Waals surface area (Å²) in [7, 11) is -7.88. The van der Waals surface area contributed by atoms with Gasteiger partial charge in [-0.25, -0.2) is 21.6 Å². The lowest BCUT2D eigenvalue weighted by molar-refractivity contribution is -0.123. The largest absolute Gasteiger partial charge is 0.449 e. The number of para-hydroxylation sites is 1. The molecule has 0 aliphatic carbocycles. The number of ether oxygens (including phenoxy) is 2. The van der Waals surface area contributed by atoms with Crippen LogP contribution in [0.5, 0.6) is 0 Å². The number of sulfonamides is 2. The zero-order valence-corrected chi connectivity index (χ0v) is 24.9. The Kier molecular flexibility index (Phi) is 8.58. The molecule has 1 N–H and O–H groups in total. The molecular formula is C28H28ClN3O8S2. The Morgan fingerprint density at radius 3 is 2.43 bits per heavy atom. The number of nitrogens with one attached hydrogen (secondary N) is 1. The van der Waals surface area contributed by atoms with Gasteiger partial charge >= 0.3 is 5.97 Å². The van der Waals surface area contributed by atoms with E-state index >= 15 is 0 Å². The van der Waals surface area contributed by atoms with Crippen molar-refractivity contribution in [1.82, 2.24) is 4.31 Å². The first-order chi connectivity index (χ1) is 20.0. The average Bonchev–Trinajstić information content (AvgIpc) is 3.43. The Labute approximate surface area is 249 Å². The summed E-state index contributed by atoms with van der Waals surface area (Å²) >= 11 is 6.26. The van der Waals surface area contributed by atoms with Crippen LogP contribution in [-0.2, 0) is 40.7 Å². The van der Waals surface area contributed by atoms with Gasteiger partial charge in [0.15, 0.2) is 6.10 Å². The molecule has 1 saturated heterocycles. The van der Waals surface area contributed by atoms with Crippen LogP contribution in [0, 0.1) is 0 Å². The summed E-state index contributed by atoms with van der Waals surface area (Å²) in [4.78, 5) is 25.5. The fraction of sp³-hybridized carbons (Fsp3) is 0.286. The van der Waals surface area contributed by atoms with Crippen molar-refractivity contribution in [2.45, 2.75) is 29.2 Å². The van der Waals surface area contributed by atoms with Crippen molar-refractivity contribution in [3.05, 3.63) is 82.9 Å². The van der Waals surface area contributed by atoms with Crippen LogP contribution >= 0.6 is 11.6 Å². The SMILES string of the molecule is C[C@H](OC(=O)c1ccc(Cl)c(S(=O)(=O)N2CCc3ccccc32)c1)C(=O)Nc1cccc(S(=O)(=O)N2CCOCC2)c1. The smallest absolute Gasteiger partial charge is 0.338 e. The van der Waals surface area contributed by atoms with Gasteiger partial charge < -0.3 is 14.8 Å². The molecular weight excluding hydrogens is 606 g/mol. The second-order valence-electron chi connectivity index (χ2n) is 9.68. The topological polar surface area (TPSA) is 139 Å². The van der Waals surface area contributed by atoms with Gasteiger partial charge in [0.2, 0.25) is 10.0 Å². The molecule has 1 fully saturated rings.